The minimum absolute atomic E-state index is 0.0759. The van der Waals surface area contributed by atoms with Gasteiger partial charge in [0.15, 0.2) is 11.5 Å². The van der Waals surface area contributed by atoms with Crippen molar-refractivity contribution in [1.29, 1.82) is 0 Å². The van der Waals surface area contributed by atoms with E-state index in [1.165, 1.54) is 6.07 Å². The first kappa shape index (κ1) is 11.5. The van der Waals surface area contributed by atoms with E-state index in [2.05, 4.69) is 0 Å². The fourth-order valence-electron chi connectivity index (χ4n) is 1.72. The number of rotatable bonds is 4. The molecule has 1 heterocycles. The molecule has 0 amide bonds. The number of hydrogen-bond donors (Lipinski definition) is 1. The summed E-state index contributed by atoms with van der Waals surface area (Å²) in [4.78, 5) is 0. The first-order valence-corrected chi connectivity index (χ1v) is 5.58. The Bertz CT molecular complexity index is 398. The van der Waals surface area contributed by atoms with Crippen molar-refractivity contribution in [3.05, 3.63) is 22.5 Å². The fraction of sp³-hybridized carbons (Fsp3) is 0.455. The maximum atomic E-state index is 13.8. The van der Waals surface area contributed by atoms with E-state index >= 15 is 0 Å². The van der Waals surface area contributed by atoms with Gasteiger partial charge in [-0.25, -0.2) is 4.39 Å². The number of ether oxygens (including phenoxy) is 2. The van der Waals surface area contributed by atoms with E-state index in [1.54, 1.807) is 0 Å². The average molecular weight is 246 g/mol. The van der Waals surface area contributed by atoms with E-state index in [4.69, 9.17) is 26.8 Å². The van der Waals surface area contributed by atoms with Crippen LogP contribution in [0.25, 0.3) is 0 Å². The van der Waals surface area contributed by atoms with Crippen LogP contribution in [0.2, 0.25) is 5.02 Å². The molecule has 2 N–H and O–H groups in total. The molecule has 88 valence electrons. The van der Waals surface area contributed by atoms with Gasteiger partial charge < -0.3 is 15.2 Å². The highest BCUT2D eigenvalue weighted by atomic mass is 35.5. The maximum Gasteiger partial charge on any atom is 0.231 e. The number of hydrogen-bond acceptors (Lipinski definition) is 3. The van der Waals surface area contributed by atoms with Gasteiger partial charge in [0.05, 0.1) is 5.02 Å². The first-order valence-electron chi connectivity index (χ1n) is 5.20. The Morgan fingerprint density at radius 1 is 1.38 bits per heavy atom. The molecular weight excluding hydrogens is 233 g/mol. The standard InChI is InChI=1S/C11H13ClFNO2/c12-8-5-9-11(16-6-15-9)7(10(8)13)3-1-2-4-14/h5H,1-4,6,14H2. The summed E-state index contributed by atoms with van der Waals surface area (Å²) in [6, 6.07) is 1.45. The van der Waals surface area contributed by atoms with Crippen LogP contribution in [0.15, 0.2) is 6.07 Å². The van der Waals surface area contributed by atoms with Crippen LogP contribution < -0.4 is 15.2 Å². The summed E-state index contributed by atoms with van der Waals surface area (Å²) in [5.74, 6) is 0.594. The molecule has 0 atom stereocenters. The maximum absolute atomic E-state index is 13.8. The molecule has 16 heavy (non-hydrogen) atoms. The molecule has 0 spiro atoms. The Balaban J connectivity index is 2.27. The zero-order valence-corrected chi connectivity index (χ0v) is 9.52. The van der Waals surface area contributed by atoms with Crippen LogP contribution in [0.3, 0.4) is 0 Å². The topological polar surface area (TPSA) is 44.5 Å². The molecule has 0 saturated carbocycles. The van der Waals surface area contributed by atoms with Crippen molar-refractivity contribution in [2.45, 2.75) is 19.3 Å². The quantitative estimate of drug-likeness (QED) is 0.829. The van der Waals surface area contributed by atoms with Gasteiger partial charge in [-0.05, 0) is 25.8 Å². The molecule has 5 heteroatoms. The molecule has 1 aliphatic heterocycles. The second kappa shape index (κ2) is 4.89. The molecule has 0 bridgehead atoms. The fourth-order valence-corrected chi connectivity index (χ4v) is 1.94. The van der Waals surface area contributed by atoms with Gasteiger partial charge in [0.2, 0.25) is 6.79 Å². The lowest BCUT2D eigenvalue weighted by atomic mass is 10.1. The van der Waals surface area contributed by atoms with Crippen molar-refractivity contribution < 1.29 is 13.9 Å². The minimum atomic E-state index is -0.414. The molecule has 2 rings (SSSR count). The molecule has 1 aliphatic rings. The monoisotopic (exact) mass is 245 g/mol. The Morgan fingerprint density at radius 3 is 2.94 bits per heavy atom. The summed E-state index contributed by atoms with van der Waals surface area (Å²) in [5.41, 5.74) is 5.89. The molecule has 3 nitrogen and oxygen atoms in total. The number of nitrogens with two attached hydrogens (primary N) is 1. The van der Waals surface area contributed by atoms with Gasteiger partial charge in [0.25, 0.3) is 0 Å². The van der Waals surface area contributed by atoms with Crippen LogP contribution >= 0.6 is 11.6 Å². The van der Waals surface area contributed by atoms with Crippen LogP contribution in [0.4, 0.5) is 4.39 Å². The molecule has 0 fully saturated rings. The second-order valence-corrected chi connectivity index (χ2v) is 4.04. The summed E-state index contributed by atoms with van der Waals surface area (Å²) in [6.45, 7) is 0.723. The van der Waals surface area contributed by atoms with E-state index in [1.807, 2.05) is 0 Å². The van der Waals surface area contributed by atoms with Crippen LogP contribution in [0.5, 0.6) is 11.5 Å². The van der Waals surface area contributed by atoms with E-state index in [9.17, 15) is 4.39 Å². The molecule has 0 saturated heterocycles. The van der Waals surface area contributed by atoms with Crippen molar-refractivity contribution in [3.63, 3.8) is 0 Å². The summed E-state index contributed by atoms with van der Waals surface area (Å²) >= 11 is 5.78. The van der Waals surface area contributed by atoms with Crippen LogP contribution in [-0.4, -0.2) is 13.3 Å². The Labute approximate surface area is 98.3 Å². The van der Waals surface area contributed by atoms with Crippen LogP contribution in [-0.2, 0) is 6.42 Å². The molecule has 1 aromatic carbocycles. The number of benzene rings is 1. The molecule has 0 unspecified atom stereocenters. The third kappa shape index (κ3) is 2.08. The van der Waals surface area contributed by atoms with Crippen molar-refractivity contribution in [2.75, 3.05) is 13.3 Å². The lowest BCUT2D eigenvalue weighted by Crippen LogP contribution is -2.01. The van der Waals surface area contributed by atoms with Gasteiger partial charge in [0, 0.05) is 11.6 Å². The van der Waals surface area contributed by atoms with E-state index in [0.717, 1.165) is 12.8 Å². The Morgan fingerprint density at radius 2 is 2.19 bits per heavy atom. The number of halogens is 2. The van der Waals surface area contributed by atoms with Gasteiger partial charge in [-0.2, -0.15) is 0 Å². The predicted molar refractivity (Wildman–Crippen MR) is 59.5 cm³/mol. The van der Waals surface area contributed by atoms with Gasteiger partial charge in [0.1, 0.15) is 5.82 Å². The van der Waals surface area contributed by atoms with Crippen LogP contribution in [0.1, 0.15) is 18.4 Å². The van der Waals surface area contributed by atoms with E-state index in [0.29, 0.717) is 30.0 Å². The molecule has 0 aromatic heterocycles. The van der Waals surface area contributed by atoms with E-state index in [-0.39, 0.29) is 11.8 Å². The SMILES string of the molecule is NCCCCc1c(F)c(Cl)cc2c1OCO2. The molecular formula is C11H13ClFNO2. The lowest BCUT2D eigenvalue weighted by molar-refractivity contribution is 0.173. The van der Waals surface area contributed by atoms with Crippen molar-refractivity contribution in [2.24, 2.45) is 5.73 Å². The van der Waals surface area contributed by atoms with Gasteiger partial charge in [-0.1, -0.05) is 11.6 Å². The van der Waals surface area contributed by atoms with Gasteiger partial charge >= 0.3 is 0 Å². The highest BCUT2D eigenvalue weighted by Gasteiger charge is 2.23. The average Bonchev–Trinajstić information content (AvgIpc) is 2.71. The molecule has 0 aliphatic carbocycles. The normalized spacial score (nSPS) is 13.2. The van der Waals surface area contributed by atoms with Gasteiger partial charge in [-0.15, -0.1) is 0 Å². The lowest BCUT2D eigenvalue weighted by Gasteiger charge is -2.08. The first-order chi connectivity index (χ1) is 7.74. The van der Waals surface area contributed by atoms with Gasteiger partial charge in [-0.3, -0.25) is 0 Å². The van der Waals surface area contributed by atoms with E-state index < -0.39 is 5.82 Å². The zero-order valence-electron chi connectivity index (χ0n) is 8.76. The minimum Gasteiger partial charge on any atom is -0.454 e. The molecule has 1 aromatic rings. The van der Waals surface area contributed by atoms with Crippen molar-refractivity contribution in [1.82, 2.24) is 0 Å². The highest BCUT2D eigenvalue weighted by Crippen LogP contribution is 2.41. The smallest absolute Gasteiger partial charge is 0.231 e. The Kier molecular flexibility index (Phi) is 3.51. The third-order valence-corrected chi connectivity index (χ3v) is 2.80. The Hall–Kier alpha value is -1.00. The number of fused-ring (bicyclic) bond motifs is 1. The summed E-state index contributed by atoms with van der Waals surface area (Å²) in [7, 11) is 0. The zero-order chi connectivity index (χ0) is 11.5. The van der Waals surface area contributed by atoms with Crippen molar-refractivity contribution in [3.8, 4) is 11.5 Å². The number of unbranched alkanes of at least 4 members (excludes halogenated alkanes) is 1. The molecule has 0 radical (unpaired) electrons. The largest absolute Gasteiger partial charge is 0.454 e. The predicted octanol–water partition coefficient (Wildman–Crippen LogP) is 2.49. The van der Waals surface area contributed by atoms with Crippen LogP contribution in [0, 0.1) is 5.82 Å². The third-order valence-electron chi connectivity index (χ3n) is 2.53. The van der Waals surface area contributed by atoms with Crippen molar-refractivity contribution >= 4 is 11.6 Å². The second-order valence-electron chi connectivity index (χ2n) is 3.63. The summed E-state index contributed by atoms with van der Waals surface area (Å²) < 4.78 is 24.2. The summed E-state index contributed by atoms with van der Waals surface area (Å²) in [5, 5.41) is 0.0759. The highest BCUT2D eigenvalue weighted by molar-refractivity contribution is 6.31. The summed E-state index contributed by atoms with van der Waals surface area (Å²) in [6.07, 6.45) is 2.22.